The second-order valence-corrected chi connectivity index (χ2v) is 4.69. The van der Waals surface area contributed by atoms with E-state index in [0.29, 0.717) is 12.5 Å². The lowest BCUT2D eigenvalue weighted by Gasteiger charge is -2.00. The summed E-state index contributed by atoms with van der Waals surface area (Å²) in [6, 6.07) is 4.31. The van der Waals surface area contributed by atoms with E-state index in [1.165, 1.54) is 29.7 Å². The molecule has 0 aromatic carbocycles. The van der Waals surface area contributed by atoms with Crippen LogP contribution in [0.5, 0.6) is 0 Å². The second kappa shape index (κ2) is 3.59. The number of fused-ring (bicyclic) bond motifs is 1. The molecule has 0 amide bonds. The first kappa shape index (κ1) is 9.85. The van der Waals surface area contributed by atoms with Gasteiger partial charge in [0.05, 0.1) is 11.2 Å². The van der Waals surface area contributed by atoms with E-state index in [0.717, 1.165) is 12.1 Å². The number of aromatic nitrogens is 2. The van der Waals surface area contributed by atoms with Crippen molar-refractivity contribution in [3.63, 3.8) is 0 Å². The predicted octanol–water partition coefficient (Wildman–Crippen LogP) is 2.02. The Morgan fingerprint density at radius 1 is 1.44 bits per heavy atom. The minimum Gasteiger partial charge on any atom is -0.330 e. The molecule has 0 spiro atoms. The number of pyridine rings is 1. The second-order valence-electron chi connectivity index (χ2n) is 4.69. The monoisotopic (exact) mass is 215 g/mol. The van der Waals surface area contributed by atoms with Crippen LogP contribution in [0.2, 0.25) is 0 Å². The van der Waals surface area contributed by atoms with Gasteiger partial charge in [-0.3, -0.25) is 0 Å². The highest BCUT2D eigenvalue weighted by Gasteiger charge is 2.28. The summed E-state index contributed by atoms with van der Waals surface area (Å²) in [7, 11) is 0. The lowest BCUT2D eigenvalue weighted by molar-refractivity contribution is 0.889. The third-order valence-corrected chi connectivity index (χ3v) is 3.21. The first-order valence-corrected chi connectivity index (χ1v) is 5.97. The van der Waals surface area contributed by atoms with E-state index >= 15 is 0 Å². The molecule has 3 rings (SSSR count). The number of aryl methyl sites for hydroxylation is 1. The molecule has 2 heterocycles. The van der Waals surface area contributed by atoms with Gasteiger partial charge in [-0.1, -0.05) is 6.07 Å². The molecular formula is C13H17N3. The summed E-state index contributed by atoms with van der Waals surface area (Å²) >= 11 is 0. The molecule has 0 atom stereocenters. The Kier molecular flexibility index (Phi) is 2.21. The van der Waals surface area contributed by atoms with E-state index < -0.39 is 0 Å². The van der Waals surface area contributed by atoms with Crippen LogP contribution < -0.4 is 5.73 Å². The van der Waals surface area contributed by atoms with Gasteiger partial charge in [0.15, 0.2) is 0 Å². The van der Waals surface area contributed by atoms with Crippen molar-refractivity contribution >= 4 is 5.52 Å². The van der Waals surface area contributed by atoms with Gasteiger partial charge < -0.3 is 10.1 Å². The van der Waals surface area contributed by atoms with Crippen LogP contribution in [-0.4, -0.2) is 15.9 Å². The highest BCUT2D eigenvalue weighted by molar-refractivity contribution is 5.54. The zero-order valence-electron chi connectivity index (χ0n) is 9.61. The fraction of sp³-hybridized carbons (Fsp3) is 0.462. The normalized spacial score (nSPS) is 15.9. The molecule has 16 heavy (non-hydrogen) atoms. The quantitative estimate of drug-likeness (QED) is 0.851. The van der Waals surface area contributed by atoms with Crippen LogP contribution in [0, 0.1) is 6.92 Å². The van der Waals surface area contributed by atoms with Crippen molar-refractivity contribution in [1.82, 2.24) is 9.38 Å². The number of nitrogens with two attached hydrogens (primary N) is 1. The zero-order valence-corrected chi connectivity index (χ0v) is 9.61. The molecular weight excluding hydrogens is 198 g/mol. The summed E-state index contributed by atoms with van der Waals surface area (Å²) < 4.78 is 2.26. The molecule has 2 aromatic rings. The summed E-state index contributed by atoms with van der Waals surface area (Å²) in [6.07, 6.45) is 5.64. The van der Waals surface area contributed by atoms with Crippen molar-refractivity contribution in [2.75, 3.05) is 6.54 Å². The van der Waals surface area contributed by atoms with Gasteiger partial charge in [0.2, 0.25) is 0 Å². The number of hydrogen-bond acceptors (Lipinski definition) is 2. The van der Waals surface area contributed by atoms with E-state index in [2.05, 4.69) is 29.7 Å². The van der Waals surface area contributed by atoms with Crippen LogP contribution in [-0.2, 0) is 6.42 Å². The van der Waals surface area contributed by atoms with Crippen molar-refractivity contribution in [3.05, 3.63) is 35.4 Å². The van der Waals surface area contributed by atoms with Gasteiger partial charge in [0.1, 0.15) is 5.82 Å². The minimum atomic E-state index is 0.671. The summed E-state index contributed by atoms with van der Waals surface area (Å²) in [6.45, 7) is 2.80. The Morgan fingerprint density at radius 3 is 2.94 bits per heavy atom. The average Bonchev–Trinajstić information content (AvgIpc) is 3.04. The molecule has 0 bridgehead atoms. The maximum Gasteiger partial charge on any atom is 0.116 e. The Morgan fingerprint density at radius 2 is 2.25 bits per heavy atom. The molecule has 0 saturated heterocycles. The number of nitrogens with zero attached hydrogens (tertiary/aromatic N) is 2. The van der Waals surface area contributed by atoms with E-state index in [-0.39, 0.29) is 0 Å². The van der Waals surface area contributed by atoms with Crippen LogP contribution in [0.15, 0.2) is 18.3 Å². The van der Waals surface area contributed by atoms with Gasteiger partial charge in [0.25, 0.3) is 0 Å². The van der Waals surface area contributed by atoms with Crippen molar-refractivity contribution in [2.24, 2.45) is 5.73 Å². The summed E-state index contributed by atoms with van der Waals surface area (Å²) in [5.74, 6) is 1.92. The molecule has 1 aliphatic rings. The molecule has 2 aromatic heterocycles. The van der Waals surface area contributed by atoms with Crippen LogP contribution in [0.1, 0.15) is 35.8 Å². The van der Waals surface area contributed by atoms with Crippen molar-refractivity contribution < 1.29 is 0 Å². The maximum absolute atomic E-state index is 5.63. The lowest BCUT2D eigenvalue weighted by atomic mass is 10.2. The lowest BCUT2D eigenvalue weighted by Crippen LogP contribution is -2.03. The smallest absolute Gasteiger partial charge is 0.116 e. The van der Waals surface area contributed by atoms with Gasteiger partial charge in [0, 0.05) is 18.5 Å². The molecule has 0 unspecified atom stereocenters. The Bertz CT molecular complexity index is 523. The van der Waals surface area contributed by atoms with Gasteiger partial charge >= 0.3 is 0 Å². The minimum absolute atomic E-state index is 0.671. The third kappa shape index (κ3) is 1.52. The predicted molar refractivity (Wildman–Crippen MR) is 64.7 cm³/mol. The van der Waals surface area contributed by atoms with Crippen LogP contribution in [0.3, 0.4) is 0 Å². The van der Waals surface area contributed by atoms with E-state index in [9.17, 15) is 0 Å². The van der Waals surface area contributed by atoms with Crippen LogP contribution in [0.4, 0.5) is 0 Å². The number of imidazole rings is 1. The molecule has 0 radical (unpaired) electrons. The summed E-state index contributed by atoms with van der Waals surface area (Å²) in [5, 5.41) is 0. The molecule has 84 valence electrons. The van der Waals surface area contributed by atoms with Gasteiger partial charge in [-0.15, -0.1) is 0 Å². The van der Waals surface area contributed by atoms with E-state index in [1.807, 2.05) is 0 Å². The molecule has 1 fully saturated rings. The fourth-order valence-corrected chi connectivity index (χ4v) is 2.23. The zero-order chi connectivity index (χ0) is 11.1. The fourth-order valence-electron chi connectivity index (χ4n) is 2.23. The molecule has 0 aliphatic heterocycles. The van der Waals surface area contributed by atoms with Gasteiger partial charge in [-0.05, 0) is 37.9 Å². The standard InChI is InChI=1S/C13H17N3/c1-9-2-5-12-11(6-7-14)15-13(10-3-4-10)16(12)8-9/h2,5,8,10H,3-4,6-7,14H2,1H3. The van der Waals surface area contributed by atoms with Gasteiger partial charge in [-0.25, -0.2) is 4.98 Å². The average molecular weight is 215 g/mol. The molecule has 1 saturated carbocycles. The third-order valence-electron chi connectivity index (χ3n) is 3.21. The highest BCUT2D eigenvalue weighted by atomic mass is 15.0. The van der Waals surface area contributed by atoms with Crippen molar-refractivity contribution in [1.29, 1.82) is 0 Å². The van der Waals surface area contributed by atoms with Crippen molar-refractivity contribution in [2.45, 2.75) is 32.1 Å². The van der Waals surface area contributed by atoms with Gasteiger partial charge in [-0.2, -0.15) is 0 Å². The van der Waals surface area contributed by atoms with Crippen molar-refractivity contribution in [3.8, 4) is 0 Å². The summed E-state index contributed by atoms with van der Waals surface area (Å²) in [5.41, 5.74) is 9.31. The Hall–Kier alpha value is -1.35. The summed E-state index contributed by atoms with van der Waals surface area (Å²) in [4.78, 5) is 4.77. The largest absolute Gasteiger partial charge is 0.330 e. The van der Waals surface area contributed by atoms with E-state index in [1.54, 1.807) is 0 Å². The Balaban J connectivity index is 2.20. The van der Waals surface area contributed by atoms with Crippen LogP contribution >= 0.6 is 0 Å². The topological polar surface area (TPSA) is 43.3 Å². The molecule has 1 aliphatic carbocycles. The van der Waals surface area contributed by atoms with E-state index in [4.69, 9.17) is 10.7 Å². The molecule has 2 N–H and O–H groups in total. The number of hydrogen-bond donors (Lipinski definition) is 1. The molecule has 3 nitrogen and oxygen atoms in total. The number of rotatable bonds is 3. The highest BCUT2D eigenvalue weighted by Crippen LogP contribution is 2.40. The molecule has 3 heteroatoms. The Labute approximate surface area is 95.3 Å². The first-order chi connectivity index (χ1) is 7.79. The SMILES string of the molecule is Cc1ccc2c(CCN)nc(C3CC3)n2c1. The maximum atomic E-state index is 5.63. The first-order valence-electron chi connectivity index (χ1n) is 5.97. The van der Waals surface area contributed by atoms with Crippen LogP contribution in [0.25, 0.3) is 5.52 Å².